The van der Waals surface area contributed by atoms with Crippen molar-refractivity contribution in [2.45, 2.75) is 78.0 Å². The Morgan fingerprint density at radius 2 is 1.47 bits per heavy atom. The second kappa shape index (κ2) is 12.3. The first kappa shape index (κ1) is 33.4. The molecule has 1 heterocycles. The summed E-state index contributed by atoms with van der Waals surface area (Å²) in [7, 11) is -2.53. The summed E-state index contributed by atoms with van der Waals surface area (Å²) in [6.07, 6.45) is 2.07. The van der Waals surface area contributed by atoms with Crippen molar-refractivity contribution < 1.29 is 31.7 Å². The number of carbonyl (C=O) groups is 2. The van der Waals surface area contributed by atoms with Gasteiger partial charge in [-0.1, -0.05) is 45.4 Å². The number of benzene rings is 2. The van der Waals surface area contributed by atoms with Gasteiger partial charge in [0.2, 0.25) is 0 Å². The molecule has 8 nitrogen and oxygen atoms in total. The molecule has 0 unspecified atom stereocenters. The molecule has 0 saturated carbocycles. The number of ether oxygens (including phenoxy) is 2. The predicted molar refractivity (Wildman–Crippen MR) is 176 cm³/mol. The molecule has 2 aromatic rings. The highest BCUT2D eigenvalue weighted by Crippen LogP contribution is 2.55. The van der Waals surface area contributed by atoms with Gasteiger partial charge < -0.3 is 18.6 Å². The van der Waals surface area contributed by atoms with Crippen LogP contribution in [0.2, 0.25) is 0 Å². The molecule has 2 aromatic carbocycles. The van der Waals surface area contributed by atoms with E-state index in [1.54, 1.807) is 38.3 Å². The molecule has 0 aromatic heterocycles. The van der Waals surface area contributed by atoms with E-state index in [9.17, 15) is 18.0 Å². The molecule has 0 atom stereocenters. The van der Waals surface area contributed by atoms with E-state index in [0.29, 0.717) is 60.0 Å². The van der Waals surface area contributed by atoms with Crippen LogP contribution in [0.5, 0.6) is 11.5 Å². The quantitative estimate of drug-likeness (QED) is 0.252. The molecule has 0 bridgehead atoms. The number of Topliss-reactive ketones (excluding diaryl/α,β-unsaturated/α-hetero) is 2. The number of hydrogen-bond acceptors (Lipinski definition) is 8. The van der Waals surface area contributed by atoms with E-state index in [1.165, 1.54) is 12.1 Å². The van der Waals surface area contributed by atoms with Gasteiger partial charge in [0.15, 0.2) is 23.1 Å². The van der Waals surface area contributed by atoms with Crippen molar-refractivity contribution in [3.8, 4) is 11.5 Å². The molecular formula is C35H42BrNO7S. The van der Waals surface area contributed by atoms with Crippen molar-refractivity contribution in [2.75, 3.05) is 26.9 Å². The molecule has 2 aliphatic carbocycles. The largest absolute Gasteiger partial charge is 0.490 e. The lowest BCUT2D eigenvalue weighted by molar-refractivity contribution is -0.119. The fourth-order valence-electron chi connectivity index (χ4n) is 6.79. The fraction of sp³-hybridized carbons (Fsp3) is 0.486. The minimum absolute atomic E-state index is 0.00853. The van der Waals surface area contributed by atoms with E-state index >= 15 is 0 Å². The molecule has 1 aliphatic heterocycles. The molecule has 0 fully saturated rings. The van der Waals surface area contributed by atoms with Gasteiger partial charge in [0.1, 0.15) is 4.90 Å². The Kier molecular flexibility index (Phi) is 9.16. The van der Waals surface area contributed by atoms with Crippen LogP contribution in [-0.4, -0.2) is 51.8 Å². The molecule has 45 heavy (non-hydrogen) atoms. The van der Waals surface area contributed by atoms with E-state index in [1.807, 2.05) is 6.92 Å². The molecular weight excluding hydrogens is 658 g/mol. The lowest BCUT2D eigenvalue weighted by Gasteiger charge is -2.49. The van der Waals surface area contributed by atoms with Crippen LogP contribution in [0.1, 0.15) is 77.3 Å². The monoisotopic (exact) mass is 699 g/mol. The molecule has 0 saturated heterocycles. The van der Waals surface area contributed by atoms with E-state index in [4.69, 9.17) is 13.7 Å². The summed E-state index contributed by atoms with van der Waals surface area (Å²) in [6.45, 7) is 13.3. The van der Waals surface area contributed by atoms with Crippen molar-refractivity contribution in [1.82, 2.24) is 4.90 Å². The number of allylic oxidation sites excluding steroid dienone is 4. The third kappa shape index (κ3) is 6.65. The summed E-state index contributed by atoms with van der Waals surface area (Å²) < 4.78 is 44.1. The van der Waals surface area contributed by atoms with E-state index in [-0.39, 0.29) is 45.4 Å². The summed E-state index contributed by atoms with van der Waals surface area (Å²) in [5, 5.41) is 0. The topological polar surface area (TPSA) is 99.2 Å². The van der Waals surface area contributed by atoms with E-state index < -0.39 is 16.0 Å². The normalized spacial score (nSPS) is 19.9. The summed E-state index contributed by atoms with van der Waals surface area (Å²) in [6, 6.07) is 9.89. The number of aryl methyl sites for hydroxylation is 1. The van der Waals surface area contributed by atoms with Crippen molar-refractivity contribution in [2.24, 2.45) is 10.8 Å². The number of methoxy groups -OCH3 is 1. The van der Waals surface area contributed by atoms with Crippen LogP contribution < -0.4 is 8.92 Å². The van der Waals surface area contributed by atoms with Crippen LogP contribution in [-0.2, 0) is 24.4 Å². The second-order valence-corrected chi connectivity index (χ2v) is 16.2. The van der Waals surface area contributed by atoms with E-state index in [2.05, 4.69) is 48.5 Å². The molecule has 0 amide bonds. The number of halogens is 1. The molecule has 3 aliphatic rings. The predicted octanol–water partition coefficient (Wildman–Crippen LogP) is 7.26. The lowest BCUT2D eigenvalue weighted by Crippen LogP contribution is -2.45. The zero-order chi connectivity index (χ0) is 32.9. The van der Waals surface area contributed by atoms with Gasteiger partial charge in [0, 0.05) is 55.0 Å². The second-order valence-electron chi connectivity index (χ2n) is 13.8. The Labute approximate surface area is 275 Å². The Morgan fingerprint density at radius 1 is 0.911 bits per heavy atom. The van der Waals surface area contributed by atoms with Gasteiger partial charge in [-0.3, -0.25) is 9.59 Å². The number of ketones is 2. The maximum absolute atomic E-state index is 14.1. The van der Waals surface area contributed by atoms with Gasteiger partial charge in [-0.2, -0.15) is 8.42 Å². The molecule has 0 radical (unpaired) electrons. The smallest absolute Gasteiger partial charge is 0.339 e. The first-order chi connectivity index (χ1) is 21.1. The fourth-order valence-corrected chi connectivity index (χ4v) is 8.40. The first-order valence-corrected chi connectivity index (χ1v) is 17.5. The minimum Gasteiger partial charge on any atom is -0.490 e. The number of rotatable bonds is 9. The Bertz CT molecular complexity index is 1650. The van der Waals surface area contributed by atoms with Crippen molar-refractivity contribution in [3.05, 3.63) is 74.5 Å². The summed E-state index contributed by atoms with van der Waals surface area (Å²) in [4.78, 5) is 30.4. The summed E-state index contributed by atoms with van der Waals surface area (Å²) in [5.41, 5.74) is 4.18. The van der Waals surface area contributed by atoms with Gasteiger partial charge in [-0.25, -0.2) is 0 Å². The number of nitrogens with zero attached hydrogens (tertiary/aromatic N) is 1. The number of carbonyl (C=O) groups excluding carboxylic acids is 2. The summed E-state index contributed by atoms with van der Waals surface area (Å²) >= 11 is 3.56. The maximum atomic E-state index is 14.1. The summed E-state index contributed by atoms with van der Waals surface area (Å²) in [5.74, 6) is -0.396. The van der Waals surface area contributed by atoms with Crippen LogP contribution in [0.15, 0.2) is 68.3 Å². The average molecular weight is 701 g/mol. The first-order valence-electron chi connectivity index (χ1n) is 15.3. The zero-order valence-electron chi connectivity index (χ0n) is 27.1. The van der Waals surface area contributed by atoms with Gasteiger partial charge in [-0.05, 0) is 83.3 Å². The van der Waals surface area contributed by atoms with Crippen LogP contribution >= 0.6 is 15.9 Å². The minimum atomic E-state index is -4.18. The molecule has 242 valence electrons. The van der Waals surface area contributed by atoms with Crippen LogP contribution in [0.3, 0.4) is 0 Å². The van der Waals surface area contributed by atoms with Gasteiger partial charge in [0.25, 0.3) is 0 Å². The van der Waals surface area contributed by atoms with Gasteiger partial charge in [-0.15, -0.1) is 0 Å². The zero-order valence-corrected chi connectivity index (χ0v) is 29.5. The number of hydrogen-bond donors (Lipinski definition) is 0. The highest BCUT2D eigenvalue weighted by Gasteiger charge is 2.49. The molecule has 10 heteroatoms. The van der Waals surface area contributed by atoms with Crippen molar-refractivity contribution >= 4 is 37.6 Å². The lowest BCUT2D eigenvalue weighted by atomic mass is 9.63. The van der Waals surface area contributed by atoms with Crippen molar-refractivity contribution in [1.29, 1.82) is 0 Å². The maximum Gasteiger partial charge on any atom is 0.339 e. The third-order valence-electron chi connectivity index (χ3n) is 8.71. The molecule has 0 spiro atoms. The Morgan fingerprint density at radius 3 is 1.98 bits per heavy atom. The highest BCUT2D eigenvalue weighted by atomic mass is 79.9. The molecule has 0 N–H and O–H groups in total. The van der Waals surface area contributed by atoms with Crippen LogP contribution in [0, 0.1) is 17.8 Å². The van der Waals surface area contributed by atoms with Gasteiger partial charge >= 0.3 is 10.1 Å². The van der Waals surface area contributed by atoms with E-state index in [0.717, 1.165) is 17.0 Å². The molecule has 5 rings (SSSR count). The van der Waals surface area contributed by atoms with Gasteiger partial charge in [0.05, 0.1) is 17.7 Å². The Hall–Kier alpha value is -2.95. The van der Waals surface area contributed by atoms with Crippen molar-refractivity contribution in [3.63, 3.8) is 0 Å². The van der Waals surface area contributed by atoms with Crippen LogP contribution in [0.4, 0.5) is 0 Å². The third-order valence-corrected chi connectivity index (χ3v) is 10.5. The highest BCUT2D eigenvalue weighted by molar-refractivity contribution is 9.10. The SMILES string of the molecule is CCOc1cc(C2C3=C(CC(C)(C)CC3=O)N(CCOC)C3=C2C(=O)CC(C)(C)C3)cc(Br)c1OS(=O)(=O)c1ccc(C)cc1. The average Bonchev–Trinajstić information content (AvgIpc) is 2.92. The van der Waals surface area contributed by atoms with Crippen LogP contribution in [0.25, 0.3) is 0 Å². The Balaban J connectivity index is 1.70. The standard InChI is InChI=1S/C35H42BrNO7S/c1-8-43-29-16-22(15-24(36)33(29)44-45(40,41)23-11-9-21(2)10-12-23)30-31-25(17-34(3,4)19-27(31)38)37(13-14-42-7)26-18-35(5,6)20-28(39)32(26)30/h9-12,15-16,30H,8,13-14,17-20H2,1-7H3.